The Labute approximate surface area is 141 Å². The first kappa shape index (κ1) is 18.0. The van der Waals surface area contributed by atoms with Crippen molar-refractivity contribution in [1.82, 2.24) is 4.31 Å². The van der Waals surface area contributed by atoms with Crippen molar-refractivity contribution >= 4 is 27.6 Å². The molecule has 1 aliphatic rings. The SMILES string of the molecule is COc1cc(C)c(S(=O)(=O)N2CC(C)CC(C(=O)O)C2)cc1Cl. The molecule has 8 heteroatoms. The van der Waals surface area contributed by atoms with Crippen LogP contribution in [0.2, 0.25) is 5.02 Å². The van der Waals surface area contributed by atoms with Gasteiger partial charge in [0.2, 0.25) is 10.0 Å². The third-order valence-corrected chi connectivity index (χ3v) is 6.31. The van der Waals surface area contributed by atoms with Gasteiger partial charge in [-0.1, -0.05) is 18.5 Å². The van der Waals surface area contributed by atoms with Gasteiger partial charge in [-0.3, -0.25) is 4.79 Å². The van der Waals surface area contributed by atoms with E-state index in [-0.39, 0.29) is 22.4 Å². The molecule has 1 saturated heterocycles. The average Bonchev–Trinajstić information content (AvgIpc) is 2.48. The van der Waals surface area contributed by atoms with E-state index in [1.807, 2.05) is 6.92 Å². The summed E-state index contributed by atoms with van der Waals surface area (Å²) < 4.78 is 32.1. The van der Waals surface area contributed by atoms with E-state index in [2.05, 4.69) is 0 Å². The van der Waals surface area contributed by atoms with Crippen molar-refractivity contribution < 1.29 is 23.1 Å². The molecule has 1 aromatic rings. The first-order valence-corrected chi connectivity index (χ1v) is 9.05. The summed E-state index contributed by atoms with van der Waals surface area (Å²) in [5.41, 5.74) is 0.511. The van der Waals surface area contributed by atoms with E-state index in [1.54, 1.807) is 13.0 Å². The van der Waals surface area contributed by atoms with Crippen molar-refractivity contribution in [2.24, 2.45) is 11.8 Å². The van der Waals surface area contributed by atoms with Gasteiger partial charge >= 0.3 is 5.97 Å². The molecule has 0 spiro atoms. The van der Waals surface area contributed by atoms with Crippen LogP contribution in [0.25, 0.3) is 0 Å². The Morgan fingerprint density at radius 3 is 2.61 bits per heavy atom. The quantitative estimate of drug-likeness (QED) is 0.890. The van der Waals surface area contributed by atoms with E-state index < -0.39 is 21.9 Å². The number of aryl methyl sites for hydroxylation is 1. The number of aliphatic carboxylic acids is 1. The molecule has 2 unspecified atom stereocenters. The van der Waals surface area contributed by atoms with Gasteiger partial charge in [-0.2, -0.15) is 4.31 Å². The Balaban J connectivity index is 2.42. The molecular formula is C15H20ClNO5S. The molecule has 0 radical (unpaired) electrons. The lowest BCUT2D eigenvalue weighted by molar-refractivity contribution is -0.143. The van der Waals surface area contributed by atoms with Crippen LogP contribution in [0, 0.1) is 18.8 Å². The van der Waals surface area contributed by atoms with Crippen molar-refractivity contribution in [1.29, 1.82) is 0 Å². The fourth-order valence-corrected chi connectivity index (χ4v) is 5.03. The molecule has 0 bridgehead atoms. The van der Waals surface area contributed by atoms with Gasteiger partial charge in [0.25, 0.3) is 0 Å². The molecule has 2 rings (SSSR count). The van der Waals surface area contributed by atoms with Gasteiger partial charge in [0.1, 0.15) is 5.75 Å². The van der Waals surface area contributed by atoms with Crippen LogP contribution < -0.4 is 4.74 Å². The number of carbonyl (C=O) groups is 1. The largest absolute Gasteiger partial charge is 0.495 e. The minimum Gasteiger partial charge on any atom is -0.495 e. The Bertz CT molecular complexity index is 719. The third-order valence-electron chi connectivity index (χ3n) is 4.04. The first-order chi connectivity index (χ1) is 10.7. The Hall–Kier alpha value is -1.31. The second kappa shape index (κ2) is 6.67. The smallest absolute Gasteiger partial charge is 0.307 e. The van der Waals surface area contributed by atoms with Crippen molar-refractivity contribution in [3.8, 4) is 5.75 Å². The molecule has 2 atom stereocenters. The van der Waals surface area contributed by atoms with Crippen molar-refractivity contribution in [2.75, 3.05) is 20.2 Å². The van der Waals surface area contributed by atoms with E-state index in [0.717, 1.165) is 0 Å². The minimum absolute atomic E-state index is 0.0198. The maximum absolute atomic E-state index is 12.9. The summed E-state index contributed by atoms with van der Waals surface area (Å²) in [7, 11) is -2.35. The summed E-state index contributed by atoms with van der Waals surface area (Å²) >= 11 is 6.05. The van der Waals surface area contributed by atoms with Gasteiger partial charge in [-0.15, -0.1) is 0 Å². The summed E-state index contributed by atoms with van der Waals surface area (Å²) in [6.07, 6.45) is 0.476. The number of benzene rings is 1. The van der Waals surface area contributed by atoms with Crippen LogP contribution in [0.15, 0.2) is 17.0 Å². The number of sulfonamides is 1. The van der Waals surface area contributed by atoms with Gasteiger partial charge in [0, 0.05) is 13.1 Å². The second-order valence-corrected chi connectivity index (χ2v) is 8.26. The molecule has 1 N–H and O–H groups in total. The van der Waals surface area contributed by atoms with Crippen molar-refractivity contribution in [3.05, 3.63) is 22.7 Å². The lowest BCUT2D eigenvalue weighted by atomic mass is 9.92. The van der Waals surface area contributed by atoms with Gasteiger partial charge < -0.3 is 9.84 Å². The second-order valence-electron chi connectivity index (χ2n) is 5.95. The fourth-order valence-electron chi connectivity index (χ4n) is 2.89. The van der Waals surface area contributed by atoms with Crippen LogP contribution in [0.5, 0.6) is 5.75 Å². The summed E-state index contributed by atoms with van der Waals surface area (Å²) in [5.74, 6) is -1.28. The molecule has 1 aliphatic heterocycles. The molecule has 6 nitrogen and oxygen atoms in total. The van der Waals surface area contributed by atoms with Gasteiger partial charge in [-0.05, 0) is 37.0 Å². The summed E-state index contributed by atoms with van der Waals surface area (Å²) in [6, 6.07) is 2.93. The highest BCUT2D eigenvalue weighted by molar-refractivity contribution is 7.89. The maximum Gasteiger partial charge on any atom is 0.307 e. The minimum atomic E-state index is -3.81. The van der Waals surface area contributed by atoms with Gasteiger partial charge in [0.05, 0.1) is 22.9 Å². The van der Waals surface area contributed by atoms with E-state index >= 15 is 0 Å². The number of hydrogen-bond donors (Lipinski definition) is 1. The number of hydrogen-bond acceptors (Lipinski definition) is 4. The van der Waals surface area contributed by atoms with E-state index in [4.69, 9.17) is 16.3 Å². The van der Waals surface area contributed by atoms with Crippen LogP contribution in [0.4, 0.5) is 0 Å². The molecule has 1 fully saturated rings. The van der Waals surface area contributed by atoms with E-state index in [1.165, 1.54) is 17.5 Å². The third kappa shape index (κ3) is 3.62. The van der Waals surface area contributed by atoms with Crippen molar-refractivity contribution in [2.45, 2.75) is 25.2 Å². The first-order valence-electron chi connectivity index (χ1n) is 7.24. The summed E-state index contributed by atoms with van der Waals surface area (Å²) in [5, 5.41) is 9.42. The molecule has 0 amide bonds. The van der Waals surface area contributed by atoms with Crippen LogP contribution in [0.3, 0.4) is 0 Å². The van der Waals surface area contributed by atoms with Crippen molar-refractivity contribution in [3.63, 3.8) is 0 Å². The normalized spacial score (nSPS) is 22.8. The van der Waals surface area contributed by atoms with Gasteiger partial charge in [0.15, 0.2) is 0 Å². The topological polar surface area (TPSA) is 83.9 Å². The highest BCUT2D eigenvalue weighted by Gasteiger charge is 2.37. The number of carboxylic acids is 1. The van der Waals surface area contributed by atoms with Crippen LogP contribution in [-0.4, -0.2) is 44.0 Å². The van der Waals surface area contributed by atoms with Gasteiger partial charge in [-0.25, -0.2) is 8.42 Å². The molecule has 0 aromatic heterocycles. The monoisotopic (exact) mass is 361 g/mol. The predicted molar refractivity (Wildman–Crippen MR) is 86.4 cm³/mol. The zero-order chi connectivity index (χ0) is 17.4. The number of halogens is 1. The lowest BCUT2D eigenvalue weighted by Crippen LogP contribution is -2.45. The molecule has 0 aliphatic carbocycles. The number of ether oxygens (including phenoxy) is 1. The van der Waals surface area contributed by atoms with Crippen LogP contribution in [0.1, 0.15) is 18.9 Å². The number of carboxylic acid groups (broad SMARTS) is 1. The number of piperidine rings is 1. The molecule has 1 heterocycles. The average molecular weight is 362 g/mol. The van der Waals surface area contributed by atoms with Crippen LogP contribution >= 0.6 is 11.6 Å². The van der Waals surface area contributed by atoms with Crippen LogP contribution in [-0.2, 0) is 14.8 Å². The Kier molecular flexibility index (Phi) is 5.23. The highest BCUT2D eigenvalue weighted by Crippen LogP contribution is 2.33. The molecule has 1 aromatic carbocycles. The van der Waals surface area contributed by atoms with E-state index in [9.17, 15) is 18.3 Å². The zero-order valence-corrected chi connectivity index (χ0v) is 14.8. The van der Waals surface area contributed by atoms with E-state index in [0.29, 0.717) is 24.3 Å². The Morgan fingerprint density at radius 1 is 1.39 bits per heavy atom. The molecule has 23 heavy (non-hydrogen) atoms. The lowest BCUT2D eigenvalue weighted by Gasteiger charge is -2.34. The summed E-state index contributed by atoms with van der Waals surface area (Å²) in [6.45, 7) is 3.79. The molecule has 128 valence electrons. The fraction of sp³-hybridized carbons (Fsp3) is 0.533. The summed E-state index contributed by atoms with van der Waals surface area (Å²) in [4.78, 5) is 11.3. The maximum atomic E-state index is 12.9. The standard InChI is InChI=1S/C15H20ClNO5S/c1-9-4-11(15(18)19)8-17(7-9)23(20,21)14-6-12(16)13(22-3)5-10(14)2/h5-6,9,11H,4,7-8H2,1-3H3,(H,18,19). The highest BCUT2D eigenvalue weighted by atomic mass is 35.5. The predicted octanol–water partition coefficient (Wildman–Crippen LogP) is 2.39. The molecular weight excluding hydrogens is 342 g/mol. The number of rotatable bonds is 4. The number of nitrogens with zero attached hydrogens (tertiary/aromatic N) is 1. The zero-order valence-electron chi connectivity index (χ0n) is 13.2. The Morgan fingerprint density at radius 2 is 2.04 bits per heavy atom. The molecule has 0 saturated carbocycles. The number of methoxy groups -OCH3 is 1.